The third-order valence-electron chi connectivity index (χ3n) is 6.88. The van der Waals surface area contributed by atoms with Crippen molar-refractivity contribution in [3.05, 3.63) is 41.6 Å². The molecule has 1 aliphatic carbocycles. The molecule has 4 rings (SSSR count). The summed E-state index contributed by atoms with van der Waals surface area (Å²) < 4.78 is 0. The van der Waals surface area contributed by atoms with Crippen LogP contribution in [0.15, 0.2) is 30.3 Å². The number of rotatable bonds is 6. The Balaban J connectivity index is 1.51. The second-order valence-corrected chi connectivity index (χ2v) is 10.0. The van der Waals surface area contributed by atoms with Gasteiger partial charge in [-0.15, -0.1) is 0 Å². The summed E-state index contributed by atoms with van der Waals surface area (Å²) in [5.74, 6) is 0.428. The number of para-hydroxylation sites is 1. The van der Waals surface area contributed by atoms with E-state index in [-0.39, 0.29) is 24.2 Å². The molecule has 32 heavy (non-hydrogen) atoms. The van der Waals surface area contributed by atoms with Crippen LogP contribution in [0, 0.1) is 5.92 Å². The summed E-state index contributed by atoms with van der Waals surface area (Å²) in [5.41, 5.74) is 1.48. The Morgan fingerprint density at radius 1 is 1.22 bits per heavy atom. The van der Waals surface area contributed by atoms with Crippen molar-refractivity contribution < 1.29 is 14.7 Å². The molecule has 0 bridgehead atoms. The highest BCUT2D eigenvalue weighted by atomic mass is 16.3. The molecule has 2 aromatic rings. The maximum Gasteiger partial charge on any atom is 0.252 e. The van der Waals surface area contributed by atoms with E-state index >= 15 is 0 Å². The molecular formula is C26H35N3O3. The Morgan fingerprint density at radius 2 is 1.97 bits per heavy atom. The Kier molecular flexibility index (Phi) is 6.79. The molecule has 2 aliphatic rings. The molecule has 1 aromatic heterocycles. The molecule has 0 radical (unpaired) electrons. The van der Waals surface area contributed by atoms with E-state index in [1.165, 1.54) is 0 Å². The number of carbonyl (C=O) groups excluding carboxylic acids is 2. The molecular weight excluding hydrogens is 402 g/mol. The first-order valence-electron chi connectivity index (χ1n) is 12.0. The lowest BCUT2D eigenvalue weighted by molar-refractivity contribution is -0.136. The van der Waals surface area contributed by atoms with Gasteiger partial charge in [-0.2, -0.15) is 0 Å². The van der Waals surface area contributed by atoms with E-state index < -0.39 is 5.60 Å². The average Bonchev–Trinajstić information content (AvgIpc) is 3.27. The van der Waals surface area contributed by atoms with E-state index in [0.29, 0.717) is 31.1 Å². The highest BCUT2D eigenvalue weighted by Crippen LogP contribution is 2.34. The van der Waals surface area contributed by atoms with Crippen LogP contribution < -0.4 is 5.32 Å². The number of aliphatic hydroxyl groups is 1. The normalized spacial score (nSPS) is 20.6. The highest BCUT2D eigenvalue weighted by molar-refractivity contribution is 6.06. The van der Waals surface area contributed by atoms with E-state index in [0.717, 1.165) is 55.1 Å². The average molecular weight is 438 g/mol. The lowest BCUT2D eigenvalue weighted by Gasteiger charge is -2.32. The minimum absolute atomic E-state index is 0.0348. The largest absolute Gasteiger partial charge is 0.389 e. The number of hydrogen-bond acceptors (Lipinski definition) is 4. The fourth-order valence-electron chi connectivity index (χ4n) is 4.99. The molecule has 0 unspecified atom stereocenters. The number of amides is 2. The smallest absolute Gasteiger partial charge is 0.252 e. The number of pyridine rings is 1. The summed E-state index contributed by atoms with van der Waals surface area (Å²) in [7, 11) is 0. The van der Waals surface area contributed by atoms with Crippen molar-refractivity contribution >= 4 is 22.7 Å². The van der Waals surface area contributed by atoms with Crippen LogP contribution in [0.5, 0.6) is 0 Å². The predicted molar refractivity (Wildman–Crippen MR) is 126 cm³/mol. The van der Waals surface area contributed by atoms with Gasteiger partial charge in [0.25, 0.3) is 5.91 Å². The Bertz CT molecular complexity index is 981. The third-order valence-corrected chi connectivity index (χ3v) is 6.88. The van der Waals surface area contributed by atoms with Gasteiger partial charge >= 0.3 is 0 Å². The number of benzene rings is 1. The lowest BCUT2D eigenvalue weighted by Crippen LogP contribution is -2.39. The summed E-state index contributed by atoms with van der Waals surface area (Å²) >= 11 is 0. The fraction of sp³-hybridized carbons (Fsp3) is 0.577. The Hall–Kier alpha value is -2.47. The molecule has 6 nitrogen and oxygen atoms in total. The highest BCUT2D eigenvalue weighted by Gasteiger charge is 2.36. The van der Waals surface area contributed by atoms with Gasteiger partial charge < -0.3 is 15.3 Å². The molecule has 1 aromatic carbocycles. The minimum atomic E-state index is -0.837. The van der Waals surface area contributed by atoms with Crippen LogP contribution in [-0.4, -0.2) is 52.0 Å². The Morgan fingerprint density at radius 3 is 2.72 bits per heavy atom. The van der Waals surface area contributed by atoms with Crippen molar-refractivity contribution in [1.82, 2.24) is 15.2 Å². The van der Waals surface area contributed by atoms with Gasteiger partial charge in [-0.1, -0.05) is 51.3 Å². The second-order valence-electron chi connectivity index (χ2n) is 10.0. The topological polar surface area (TPSA) is 82.5 Å². The summed E-state index contributed by atoms with van der Waals surface area (Å²) in [5, 5.41) is 14.7. The molecule has 0 spiro atoms. The van der Waals surface area contributed by atoms with Crippen molar-refractivity contribution in [2.75, 3.05) is 19.6 Å². The minimum Gasteiger partial charge on any atom is -0.389 e. The van der Waals surface area contributed by atoms with Crippen molar-refractivity contribution in [3.8, 4) is 0 Å². The zero-order valence-electron chi connectivity index (χ0n) is 19.3. The number of hydrogen-bond donors (Lipinski definition) is 2. The quantitative estimate of drug-likeness (QED) is 0.715. The van der Waals surface area contributed by atoms with E-state index in [9.17, 15) is 14.7 Å². The van der Waals surface area contributed by atoms with E-state index in [1.54, 1.807) is 0 Å². The molecule has 2 heterocycles. The zero-order chi connectivity index (χ0) is 22.7. The van der Waals surface area contributed by atoms with Crippen LogP contribution in [0.4, 0.5) is 0 Å². The van der Waals surface area contributed by atoms with Gasteiger partial charge in [-0.25, -0.2) is 0 Å². The SMILES string of the molecule is CC(C)CNC(=O)c1cc([C@@H]2CCN(C(=O)CC3(O)CCCCC3)C2)nc2ccccc12. The molecule has 1 aliphatic heterocycles. The van der Waals surface area contributed by atoms with Gasteiger partial charge in [-0.3, -0.25) is 14.6 Å². The summed E-state index contributed by atoms with van der Waals surface area (Å²) in [6, 6.07) is 9.64. The van der Waals surface area contributed by atoms with Crippen molar-refractivity contribution in [1.29, 1.82) is 0 Å². The standard InChI is InChI=1S/C26H35N3O3/c1-18(2)16-27-25(31)21-14-23(28-22-9-5-4-8-20(21)22)19-10-13-29(17-19)24(30)15-26(32)11-6-3-7-12-26/h4-5,8-9,14,18-19,32H,3,6-7,10-13,15-17H2,1-2H3,(H,27,31)/t19-/m1/s1. The van der Waals surface area contributed by atoms with E-state index in [1.807, 2.05) is 35.2 Å². The fourth-order valence-corrected chi connectivity index (χ4v) is 4.99. The van der Waals surface area contributed by atoms with E-state index in [2.05, 4.69) is 19.2 Å². The number of fused-ring (bicyclic) bond motifs is 1. The molecule has 1 saturated carbocycles. The van der Waals surface area contributed by atoms with Crippen molar-refractivity contribution in [2.45, 2.75) is 70.3 Å². The molecule has 2 amide bonds. The lowest BCUT2D eigenvalue weighted by atomic mass is 9.82. The first kappa shape index (κ1) is 22.7. The molecule has 2 fully saturated rings. The monoisotopic (exact) mass is 437 g/mol. The summed E-state index contributed by atoms with van der Waals surface area (Å²) in [6.07, 6.45) is 5.61. The predicted octanol–water partition coefficient (Wildman–Crippen LogP) is 4.02. The van der Waals surface area contributed by atoms with Gasteiger partial charge in [0.05, 0.1) is 23.1 Å². The number of nitrogens with one attached hydrogen (secondary N) is 1. The van der Waals surface area contributed by atoms with Crippen molar-refractivity contribution in [3.63, 3.8) is 0 Å². The molecule has 1 atom stereocenters. The molecule has 2 N–H and O–H groups in total. The van der Waals surface area contributed by atoms with Crippen LogP contribution in [0.1, 0.15) is 80.8 Å². The molecule has 1 saturated heterocycles. The van der Waals surface area contributed by atoms with Gasteiger partial charge in [-0.05, 0) is 37.3 Å². The maximum atomic E-state index is 12.9. The van der Waals surface area contributed by atoms with Gasteiger partial charge in [0.1, 0.15) is 0 Å². The Labute approximate surface area is 190 Å². The third kappa shape index (κ3) is 5.12. The first-order valence-corrected chi connectivity index (χ1v) is 12.0. The van der Waals surface area contributed by atoms with Crippen molar-refractivity contribution in [2.24, 2.45) is 5.92 Å². The van der Waals surface area contributed by atoms with Crippen LogP contribution in [0.25, 0.3) is 10.9 Å². The van der Waals surface area contributed by atoms with Crippen LogP contribution in [-0.2, 0) is 4.79 Å². The van der Waals surface area contributed by atoms with Crippen LogP contribution in [0.3, 0.4) is 0 Å². The molecule has 172 valence electrons. The molecule has 6 heteroatoms. The number of likely N-dealkylation sites (tertiary alicyclic amines) is 1. The van der Waals surface area contributed by atoms with Crippen LogP contribution in [0.2, 0.25) is 0 Å². The van der Waals surface area contributed by atoms with Gasteiger partial charge in [0.15, 0.2) is 0 Å². The zero-order valence-corrected chi connectivity index (χ0v) is 19.3. The second kappa shape index (κ2) is 9.57. The number of nitrogens with zero attached hydrogens (tertiary/aromatic N) is 2. The number of aromatic nitrogens is 1. The van der Waals surface area contributed by atoms with Crippen LogP contribution >= 0.6 is 0 Å². The van der Waals surface area contributed by atoms with Gasteiger partial charge in [0.2, 0.25) is 5.91 Å². The summed E-state index contributed by atoms with van der Waals surface area (Å²) in [6.45, 7) is 6.03. The van der Waals surface area contributed by atoms with E-state index in [4.69, 9.17) is 4.98 Å². The first-order chi connectivity index (χ1) is 15.3. The number of carbonyl (C=O) groups is 2. The summed E-state index contributed by atoms with van der Waals surface area (Å²) in [4.78, 5) is 32.6. The van der Waals surface area contributed by atoms with Gasteiger partial charge in [0, 0.05) is 36.6 Å². The maximum absolute atomic E-state index is 12.9.